The lowest BCUT2D eigenvalue weighted by Gasteiger charge is -2.19. The van der Waals surface area contributed by atoms with E-state index in [1.807, 2.05) is 0 Å². The Hall–Kier alpha value is -3.09. The number of anilines is 1. The molecule has 0 heterocycles. The van der Waals surface area contributed by atoms with Crippen LogP contribution in [0.15, 0.2) is 41.3 Å². The molecule has 32 heavy (non-hydrogen) atoms. The van der Waals surface area contributed by atoms with Crippen molar-refractivity contribution in [2.45, 2.75) is 44.0 Å². The molecule has 0 unspecified atom stereocenters. The second kappa shape index (κ2) is 11.0. The van der Waals surface area contributed by atoms with Crippen molar-refractivity contribution in [3.05, 3.63) is 63.5 Å². The summed E-state index contributed by atoms with van der Waals surface area (Å²) in [6.07, 6.45) is 1.05. The molecule has 12 heteroatoms. The van der Waals surface area contributed by atoms with Gasteiger partial charge in [-0.2, -0.15) is 0 Å². The smallest absolute Gasteiger partial charge is 0.270 e. The standard InChI is InChI=1S/C20H25FN4O6S/c1-13-10-15(11-14(2)19(13)21)23-18(20(26)24-27)8-3-4-9-22-32(30,31)17-7-5-6-16(12-17)25(28)29/h5-7,10-12,18,22-23,27H,3-4,8-9H2,1-2H3,(H,24,26)/t18-/m1/s1. The quantitative estimate of drug-likeness (QED) is 0.171. The molecule has 174 valence electrons. The van der Waals surface area contributed by atoms with Crippen LogP contribution in [0.4, 0.5) is 15.8 Å². The zero-order valence-electron chi connectivity index (χ0n) is 17.6. The normalized spacial score (nSPS) is 12.2. The maximum absolute atomic E-state index is 13.8. The van der Waals surface area contributed by atoms with Crippen molar-refractivity contribution in [3.8, 4) is 0 Å². The Balaban J connectivity index is 1.92. The van der Waals surface area contributed by atoms with Crippen molar-refractivity contribution in [2.24, 2.45) is 0 Å². The number of unbranched alkanes of at least 4 members (excludes halogenated alkanes) is 1. The highest BCUT2D eigenvalue weighted by atomic mass is 32.2. The minimum atomic E-state index is -3.93. The minimum absolute atomic E-state index is 0.0489. The average molecular weight is 469 g/mol. The molecule has 0 spiro atoms. The molecule has 1 atom stereocenters. The highest BCUT2D eigenvalue weighted by Gasteiger charge is 2.20. The number of nitro benzene ring substituents is 1. The Morgan fingerprint density at radius 3 is 2.44 bits per heavy atom. The van der Waals surface area contributed by atoms with Gasteiger partial charge in [0.05, 0.1) is 9.82 Å². The van der Waals surface area contributed by atoms with Crippen LogP contribution in [0.25, 0.3) is 0 Å². The number of carbonyl (C=O) groups excluding carboxylic acids is 1. The van der Waals surface area contributed by atoms with E-state index in [2.05, 4.69) is 10.0 Å². The molecule has 0 aliphatic carbocycles. The summed E-state index contributed by atoms with van der Waals surface area (Å²) in [5, 5.41) is 22.8. The molecule has 0 saturated carbocycles. The van der Waals surface area contributed by atoms with E-state index in [9.17, 15) is 27.7 Å². The van der Waals surface area contributed by atoms with Crippen LogP contribution < -0.4 is 15.5 Å². The number of hydrogen-bond donors (Lipinski definition) is 4. The van der Waals surface area contributed by atoms with Crippen LogP contribution in [0.3, 0.4) is 0 Å². The van der Waals surface area contributed by atoms with Crippen LogP contribution in [0.1, 0.15) is 30.4 Å². The van der Waals surface area contributed by atoms with Gasteiger partial charge in [0.25, 0.3) is 11.6 Å². The topological polar surface area (TPSA) is 151 Å². The fourth-order valence-electron chi connectivity index (χ4n) is 3.10. The Kier molecular flexibility index (Phi) is 8.63. The van der Waals surface area contributed by atoms with Crippen LogP contribution >= 0.6 is 0 Å². The second-order valence-corrected chi connectivity index (χ2v) is 9.01. The van der Waals surface area contributed by atoms with E-state index in [-0.39, 0.29) is 29.4 Å². The summed E-state index contributed by atoms with van der Waals surface area (Å²) < 4.78 is 40.8. The summed E-state index contributed by atoms with van der Waals surface area (Å²) in [6.45, 7) is 3.25. The summed E-state index contributed by atoms with van der Waals surface area (Å²) >= 11 is 0. The number of benzene rings is 2. The van der Waals surface area contributed by atoms with Gasteiger partial charge < -0.3 is 5.32 Å². The predicted molar refractivity (Wildman–Crippen MR) is 115 cm³/mol. The van der Waals surface area contributed by atoms with Gasteiger partial charge in [0, 0.05) is 24.4 Å². The van der Waals surface area contributed by atoms with Gasteiger partial charge in [0.2, 0.25) is 10.0 Å². The van der Waals surface area contributed by atoms with Crippen molar-refractivity contribution < 1.29 is 27.7 Å². The molecule has 2 rings (SSSR count). The Morgan fingerprint density at radius 1 is 1.19 bits per heavy atom. The van der Waals surface area contributed by atoms with E-state index in [1.54, 1.807) is 31.5 Å². The van der Waals surface area contributed by atoms with Crippen LogP contribution in [0, 0.1) is 29.8 Å². The highest BCUT2D eigenvalue weighted by molar-refractivity contribution is 7.89. The molecule has 0 aromatic heterocycles. The van der Waals surface area contributed by atoms with E-state index in [0.717, 1.165) is 6.07 Å². The third-order valence-corrected chi connectivity index (χ3v) is 6.21. The van der Waals surface area contributed by atoms with Crippen LogP contribution in [0.5, 0.6) is 0 Å². The number of hydroxylamine groups is 1. The number of non-ortho nitro benzene ring substituents is 1. The number of sulfonamides is 1. The van der Waals surface area contributed by atoms with Gasteiger partial charge >= 0.3 is 0 Å². The molecule has 0 radical (unpaired) electrons. The molecule has 2 aromatic rings. The average Bonchev–Trinajstić information content (AvgIpc) is 2.75. The molecule has 2 aromatic carbocycles. The lowest BCUT2D eigenvalue weighted by molar-refractivity contribution is -0.385. The first-order chi connectivity index (χ1) is 15.0. The first-order valence-corrected chi connectivity index (χ1v) is 11.2. The van der Waals surface area contributed by atoms with Gasteiger partial charge in [-0.3, -0.25) is 20.1 Å². The number of amides is 1. The Labute approximate surface area is 185 Å². The zero-order valence-corrected chi connectivity index (χ0v) is 18.4. The molecular weight excluding hydrogens is 443 g/mol. The number of nitro groups is 1. The first kappa shape index (κ1) is 25.2. The number of nitrogens with one attached hydrogen (secondary N) is 3. The van der Waals surface area contributed by atoms with Crippen molar-refractivity contribution in [2.75, 3.05) is 11.9 Å². The predicted octanol–water partition coefficient (Wildman–Crippen LogP) is 2.79. The Bertz CT molecular complexity index is 1070. The van der Waals surface area contributed by atoms with E-state index in [1.165, 1.54) is 18.2 Å². The molecule has 0 fully saturated rings. The van der Waals surface area contributed by atoms with Crippen molar-refractivity contribution in [1.29, 1.82) is 0 Å². The molecule has 0 saturated heterocycles. The Morgan fingerprint density at radius 2 is 1.84 bits per heavy atom. The lowest BCUT2D eigenvalue weighted by Crippen LogP contribution is -2.38. The van der Waals surface area contributed by atoms with E-state index >= 15 is 0 Å². The van der Waals surface area contributed by atoms with Crippen molar-refractivity contribution >= 4 is 27.3 Å². The largest absolute Gasteiger partial charge is 0.374 e. The van der Waals surface area contributed by atoms with E-state index in [4.69, 9.17) is 5.21 Å². The van der Waals surface area contributed by atoms with Gasteiger partial charge in [-0.05, 0) is 62.4 Å². The zero-order chi connectivity index (χ0) is 23.9. The third-order valence-electron chi connectivity index (χ3n) is 4.75. The molecular formula is C20H25FN4O6S. The molecule has 0 bridgehead atoms. The van der Waals surface area contributed by atoms with E-state index < -0.39 is 26.9 Å². The molecule has 0 aliphatic heterocycles. The van der Waals surface area contributed by atoms with Gasteiger partial charge in [0.1, 0.15) is 11.9 Å². The van der Waals surface area contributed by atoms with Crippen LogP contribution in [-0.4, -0.2) is 37.0 Å². The molecule has 4 N–H and O–H groups in total. The van der Waals surface area contributed by atoms with Gasteiger partial charge in [-0.25, -0.2) is 23.0 Å². The minimum Gasteiger partial charge on any atom is -0.374 e. The maximum atomic E-state index is 13.8. The van der Waals surface area contributed by atoms with E-state index in [0.29, 0.717) is 29.7 Å². The highest BCUT2D eigenvalue weighted by Crippen LogP contribution is 2.20. The number of carbonyl (C=O) groups is 1. The second-order valence-electron chi connectivity index (χ2n) is 7.25. The summed E-state index contributed by atoms with van der Waals surface area (Å²) in [4.78, 5) is 21.9. The molecule has 10 nitrogen and oxygen atoms in total. The molecule has 1 amide bonds. The summed E-state index contributed by atoms with van der Waals surface area (Å²) in [7, 11) is -3.93. The summed E-state index contributed by atoms with van der Waals surface area (Å²) in [6, 6.07) is 6.99. The fraction of sp³-hybridized carbons (Fsp3) is 0.350. The van der Waals surface area contributed by atoms with Crippen molar-refractivity contribution in [1.82, 2.24) is 10.2 Å². The van der Waals surface area contributed by atoms with Crippen LogP contribution in [-0.2, 0) is 14.8 Å². The number of aryl methyl sites for hydroxylation is 2. The monoisotopic (exact) mass is 468 g/mol. The van der Waals surface area contributed by atoms with Crippen LogP contribution in [0.2, 0.25) is 0 Å². The SMILES string of the molecule is Cc1cc(N[C@H](CCCCNS(=O)(=O)c2cccc([N+](=O)[O-])c2)C(=O)NO)cc(C)c1F. The van der Waals surface area contributed by atoms with Gasteiger partial charge in [-0.15, -0.1) is 0 Å². The van der Waals surface area contributed by atoms with Gasteiger partial charge in [-0.1, -0.05) is 6.07 Å². The third kappa shape index (κ3) is 6.70. The van der Waals surface area contributed by atoms with Gasteiger partial charge in [0.15, 0.2) is 0 Å². The van der Waals surface area contributed by atoms with Crippen molar-refractivity contribution in [3.63, 3.8) is 0 Å². The fourth-order valence-corrected chi connectivity index (χ4v) is 4.22. The summed E-state index contributed by atoms with van der Waals surface area (Å²) in [5.74, 6) is -1.02. The first-order valence-electron chi connectivity index (χ1n) is 9.76. The maximum Gasteiger partial charge on any atom is 0.270 e. The number of hydrogen-bond acceptors (Lipinski definition) is 7. The number of rotatable bonds is 11. The number of halogens is 1. The lowest BCUT2D eigenvalue weighted by atomic mass is 10.1. The summed E-state index contributed by atoms with van der Waals surface area (Å²) in [5.41, 5.74) is 2.59. The molecule has 0 aliphatic rings. The number of nitrogens with zero attached hydrogens (tertiary/aromatic N) is 1.